The minimum Gasteiger partial charge on any atom is -0.493 e. The van der Waals surface area contributed by atoms with Crippen LogP contribution < -0.4 is 20.1 Å². The summed E-state index contributed by atoms with van der Waals surface area (Å²) in [4.78, 5) is 12.0. The third-order valence-electron chi connectivity index (χ3n) is 3.70. The molecule has 0 atom stereocenters. The molecule has 1 amide bonds. The lowest BCUT2D eigenvalue weighted by atomic mass is 10.1. The van der Waals surface area contributed by atoms with Crippen molar-refractivity contribution in [1.82, 2.24) is 10.6 Å². The molecule has 5 nitrogen and oxygen atoms in total. The third-order valence-corrected chi connectivity index (χ3v) is 3.70. The van der Waals surface area contributed by atoms with Gasteiger partial charge < -0.3 is 20.1 Å². The van der Waals surface area contributed by atoms with Gasteiger partial charge in [0.05, 0.1) is 7.11 Å². The summed E-state index contributed by atoms with van der Waals surface area (Å²) < 4.78 is 34.8. The number of alkyl halides is 2. The number of amides is 1. The Balaban J connectivity index is 1.82. The van der Waals surface area contributed by atoms with Crippen molar-refractivity contribution < 1.29 is 23.0 Å². The quantitative estimate of drug-likeness (QED) is 0.671. The first-order chi connectivity index (χ1) is 12.5. The van der Waals surface area contributed by atoms with Gasteiger partial charge in [0.15, 0.2) is 11.5 Å². The zero-order valence-electron chi connectivity index (χ0n) is 14.7. The minimum atomic E-state index is -2.93. The number of benzene rings is 2. The number of carbonyl (C=O) groups is 1. The van der Waals surface area contributed by atoms with Crippen LogP contribution in [0.15, 0.2) is 42.5 Å². The molecule has 0 aromatic heterocycles. The second-order valence-electron chi connectivity index (χ2n) is 5.63. The molecule has 0 heterocycles. The van der Waals surface area contributed by atoms with Crippen molar-refractivity contribution >= 4 is 5.91 Å². The SMILES string of the molecule is COc1cccc(CNCCNC(=O)c2ccc(C)cc2)c1OC(F)F. The van der Waals surface area contributed by atoms with Crippen molar-refractivity contribution in [3.8, 4) is 11.5 Å². The molecular weight excluding hydrogens is 342 g/mol. The number of ether oxygens (including phenoxy) is 2. The number of nitrogens with one attached hydrogen (secondary N) is 2. The summed E-state index contributed by atoms with van der Waals surface area (Å²) in [5.41, 5.74) is 2.23. The molecule has 7 heteroatoms. The number of methoxy groups -OCH3 is 1. The van der Waals surface area contributed by atoms with Crippen LogP contribution in [0.4, 0.5) is 8.78 Å². The van der Waals surface area contributed by atoms with E-state index in [1.165, 1.54) is 7.11 Å². The van der Waals surface area contributed by atoms with E-state index in [1.807, 2.05) is 19.1 Å². The zero-order chi connectivity index (χ0) is 18.9. The highest BCUT2D eigenvalue weighted by molar-refractivity contribution is 5.94. The summed E-state index contributed by atoms with van der Waals surface area (Å²) in [7, 11) is 1.39. The Morgan fingerprint density at radius 2 is 1.85 bits per heavy atom. The summed E-state index contributed by atoms with van der Waals surface area (Å²) in [6, 6.07) is 12.2. The van der Waals surface area contributed by atoms with Crippen LogP contribution in [0.2, 0.25) is 0 Å². The molecule has 2 rings (SSSR count). The molecule has 0 aliphatic heterocycles. The first-order valence-corrected chi connectivity index (χ1v) is 8.17. The number of para-hydroxylation sites is 1. The van der Waals surface area contributed by atoms with Gasteiger partial charge in [-0.2, -0.15) is 8.78 Å². The predicted octanol–water partition coefficient (Wildman–Crippen LogP) is 3.12. The van der Waals surface area contributed by atoms with Crippen LogP contribution in [0.25, 0.3) is 0 Å². The summed E-state index contributed by atoms with van der Waals surface area (Å²) in [6.07, 6.45) is 0. The van der Waals surface area contributed by atoms with E-state index in [-0.39, 0.29) is 17.4 Å². The fourth-order valence-electron chi connectivity index (χ4n) is 2.38. The fourth-order valence-corrected chi connectivity index (χ4v) is 2.38. The Labute approximate surface area is 151 Å². The Morgan fingerprint density at radius 1 is 1.12 bits per heavy atom. The Morgan fingerprint density at radius 3 is 2.50 bits per heavy atom. The van der Waals surface area contributed by atoms with Gasteiger partial charge in [-0.1, -0.05) is 29.8 Å². The molecule has 0 aliphatic rings. The monoisotopic (exact) mass is 364 g/mol. The van der Waals surface area contributed by atoms with Crippen molar-refractivity contribution in [2.24, 2.45) is 0 Å². The lowest BCUT2D eigenvalue weighted by Crippen LogP contribution is -2.31. The van der Waals surface area contributed by atoms with Crippen LogP contribution in [0.1, 0.15) is 21.5 Å². The average Bonchev–Trinajstić information content (AvgIpc) is 2.62. The molecule has 2 N–H and O–H groups in total. The number of hydrogen-bond donors (Lipinski definition) is 2. The maximum absolute atomic E-state index is 12.6. The lowest BCUT2D eigenvalue weighted by Gasteiger charge is -2.15. The molecule has 2 aromatic carbocycles. The van der Waals surface area contributed by atoms with E-state index in [2.05, 4.69) is 15.4 Å². The summed E-state index contributed by atoms with van der Waals surface area (Å²) in [5.74, 6) is 0.105. The maximum atomic E-state index is 12.6. The van der Waals surface area contributed by atoms with Crippen LogP contribution in [0, 0.1) is 6.92 Å². The molecule has 26 heavy (non-hydrogen) atoms. The lowest BCUT2D eigenvalue weighted by molar-refractivity contribution is -0.0518. The van der Waals surface area contributed by atoms with Gasteiger partial charge in [-0.3, -0.25) is 4.79 Å². The number of carbonyl (C=O) groups excluding carboxylic acids is 1. The van der Waals surface area contributed by atoms with Crippen LogP contribution in [-0.4, -0.2) is 32.7 Å². The van der Waals surface area contributed by atoms with Gasteiger partial charge >= 0.3 is 6.61 Å². The van der Waals surface area contributed by atoms with Gasteiger partial charge in [0.2, 0.25) is 0 Å². The normalized spacial score (nSPS) is 10.7. The predicted molar refractivity (Wildman–Crippen MR) is 94.8 cm³/mol. The number of aryl methyl sites for hydroxylation is 1. The second-order valence-corrected chi connectivity index (χ2v) is 5.63. The zero-order valence-corrected chi connectivity index (χ0v) is 14.7. The number of halogens is 2. The van der Waals surface area contributed by atoms with Gasteiger partial charge in [-0.15, -0.1) is 0 Å². The number of rotatable bonds is 9. The van der Waals surface area contributed by atoms with Crippen molar-refractivity contribution in [2.45, 2.75) is 20.1 Å². The molecule has 140 valence electrons. The first-order valence-electron chi connectivity index (χ1n) is 8.17. The second kappa shape index (κ2) is 9.72. The molecule has 0 spiro atoms. The molecule has 2 aromatic rings. The molecule has 0 unspecified atom stereocenters. The van der Waals surface area contributed by atoms with Gasteiger partial charge in [-0.25, -0.2) is 0 Å². The molecule has 0 aliphatic carbocycles. The van der Waals surface area contributed by atoms with Crippen LogP contribution in [0.5, 0.6) is 11.5 Å². The van der Waals surface area contributed by atoms with E-state index in [9.17, 15) is 13.6 Å². The molecule has 0 saturated carbocycles. The molecular formula is C19H22F2N2O3. The van der Waals surface area contributed by atoms with E-state index < -0.39 is 6.61 Å². The maximum Gasteiger partial charge on any atom is 0.387 e. The molecule has 0 fully saturated rings. The van der Waals surface area contributed by atoms with Gasteiger partial charge in [0.1, 0.15) is 0 Å². The Kier molecular flexibility index (Phi) is 7.35. The van der Waals surface area contributed by atoms with Crippen LogP contribution >= 0.6 is 0 Å². The highest BCUT2D eigenvalue weighted by Crippen LogP contribution is 2.32. The Hall–Kier alpha value is -2.67. The first kappa shape index (κ1) is 19.7. The van der Waals surface area contributed by atoms with E-state index >= 15 is 0 Å². The molecule has 0 radical (unpaired) electrons. The highest BCUT2D eigenvalue weighted by atomic mass is 19.3. The van der Waals surface area contributed by atoms with Gasteiger partial charge in [0, 0.05) is 30.8 Å². The average molecular weight is 364 g/mol. The standard InChI is InChI=1S/C19H22F2N2O3/c1-13-6-8-14(9-7-13)18(24)23-11-10-22-12-15-4-3-5-16(25-2)17(15)26-19(20)21/h3-9,19,22H,10-12H2,1-2H3,(H,23,24). The molecule has 0 saturated heterocycles. The largest absolute Gasteiger partial charge is 0.493 e. The smallest absolute Gasteiger partial charge is 0.387 e. The van der Waals surface area contributed by atoms with E-state index in [0.29, 0.717) is 30.8 Å². The third kappa shape index (κ3) is 5.70. The highest BCUT2D eigenvalue weighted by Gasteiger charge is 2.15. The van der Waals surface area contributed by atoms with Crippen LogP contribution in [-0.2, 0) is 6.54 Å². The summed E-state index contributed by atoms with van der Waals surface area (Å²) in [5, 5.41) is 5.88. The fraction of sp³-hybridized carbons (Fsp3) is 0.316. The topological polar surface area (TPSA) is 59.6 Å². The molecule has 0 bridgehead atoms. The van der Waals surface area contributed by atoms with Crippen molar-refractivity contribution in [2.75, 3.05) is 20.2 Å². The Bertz CT molecular complexity index is 721. The number of hydrogen-bond acceptors (Lipinski definition) is 4. The van der Waals surface area contributed by atoms with Crippen molar-refractivity contribution in [3.05, 3.63) is 59.2 Å². The van der Waals surface area contributed by atoms with E-state index in [0.717, 1.165) is 5.56 Å². The van der Waals surface area contributed by atoms with Gasteiger partial charge in [-0.05, 0) is 25.1 Å². The van der Waals surface area contributed by atoms with Crippen LogP contribution in [0.3, 0.4) is 0 Å². The van der Waals surface area contributed by atoms with E-state index in [4.69, 9.17) is 4.74 Å². The summed E-state index contributed by atoms with van der Waals surface area (Å²) in [6.45, 7) is 0.208. The van der Waals surface area contributed by atoms with Gasteiger partial charge in [0.25, 0.3) is 5.91 Å². The minimum absolute atomic E-state index is 0.0150. The van der Waals surface area contributed by atoms with Crippen molar-refractivity contribution in [1.29, 1.82) is 0 Å². The summed E-state index contributed by atoms with van der Waals surface area (Å²) >= 11 is 0. The van der Waals surface area contributed by atoms with E-state index in [1.54, 1.807) is 30.3 Å². The van der Waals surface area contributed by atoms with Crippen molar-refractivity contribution in [3.63, 3.8) is 0 Å².